The second kappa shape index (κ2) is 3.36. The van der Waals surface area contributed by atoms with E-state index in [4.69, 9.17) is 9.63 Å². The summed E-state index contributed by atoms with van der Waals surface area (Å²) in [5.74, 6) is -0.515. The molecule has 0 unspecified atom stereocenters. The molecular formula is C7H10N2O3. The van der Waals surface area contributed by atoms with E-state index in [2.05, 4.69) is 10.5 Å². The third-order valence-corrected chi connectivity index (χ3v) is 1.54. The van der Waals surface area contributed by atoms with Gasteiger partial charge in [-0.25, -0.2) is 4.79 Å². The maximum Gasteiger partial charge on any atom is 0.358 e. The van der Waals surface area contributed by atoms with Gasteiger partial charge in [-0.3, -0.25) is 0 Å². The highest BCUT2D eigenvalue weighted by molar-refractivity contribution is 5.87. The third-order valence-electron chi connectivity index (χ3n) is 1.54. The summed E-state index contributed by atoms with van der Waals surface area (Å²) in [5.41, 5.74) is 0.590. The van der Waals surface area contributed by atoms with E-state index in [0.29, 0.717) is 17.9 Å². The minimum absolute atomic E-state index is 0.0122. The molecule has 0 bridgehead atoms. The first-order valence-electron chi connectivity index (χ1n) is 3.50. The van der Waals surface area contributed by atoms with E-state index in [9.17, 15) is 4.79 Å². The summed E-state index contributed by atoms with van der Waals surface area (Å²) in [4.78, 5) is 10.6. The highest BCUT2D eigenvalue weighted by Crippen LogP contribution is 2.12. The fourth-order valence-corrected chi connectivity index (χ4v) is 0.944. The van der Waals surface area contributed by atoms with Crippen molar-refractivity contribution in [2.75, 3.05) is 7.05 Å². The summed E-state index contributed by atoms with van der Waals surface area (Å²) in [6.45, 7) is 2.14. The topological polar surface area (TPSA) is 75.4 Å². The lowest BCUT2D eigenvalue weighted by atomic mass is 10.2. The van der Waals surface area contributed by atoms with Crippen molar-refractivity contribution in [3.05, 3.63) is 17.0 Å². The molecule has 0 atom stereocenters. The van der Waals surface area contributed by atoms with Crippen LogP contribution in [-0.4, -0.2) is 23.3 Å². The molecule has 2 N–H and O–H groups in total. The summed E-state index contributed by atoms with van der Waals surface area (Å²) in [5, 5.41) is 14.9. The Kier molecular flexibility index (Phi) is 2.44. The monoisotopic (exact) mass is 170 g/mol. The van der Waals surface area contributed by atoms with E-state index in [-0.39, 0.29) is 5.69 Å². The summed E-state index contributed by atoms with van der Waals surface area (Å²) in [6, 6.07) is 0. The first kappa shape index (κ1) is 8.73. The lowest BCUT2D eigenvalue weighted by molar-refractivity contribution is 0.0684. The van der Waals surface area contributed by atoms with Crippen molar-refractivity contribution in [3.63, 3.8) is 0 Å². The van der Waals surface area contributed by atoms with Crippen molar-refractivity contribution in [2.45, 2.75) is 13.5 Å². The third kappa shape index (κ3) is 1.45. The average Bonchev–Trinajstić information content (AvgIpc) is 2.34. The molecule has 1 aromatic rings. The van der Waals surface area contributed by atoms with Gasteiger partial charge < -0.3 is 14.9 Å². The van der Waals surface area contributed by atoms with Crippen LogP contribution in [0.25, 0.3) is 0 Å². The fraction of sp³-hybridized carbons (Fsp3) is 0.429. The van der Waals surface area contributed by atoms with Crippen molar-refractivity contribution in [1.29, 1.82) is 0 Å². The van der Waals surface area contributed by atoms with Gasteiger partial charge >= 0.3 is 5.97 Å². The normalized spacial score (nSPS) is 10.2. The van der Waals surface area contributed by atoms with Crippen LogP contribution in [0, 0.1) is 6.92 Å². The zero-order chi connectivity index (χ0) is 9.14. The summed E-state index contributed by atoms with van der Waals surface area (Å²) >= 11 is 0. The van der Waals surface area contributed by atoms with Gasteiger partial charge in [-0.15, -0.1) is 0 Å². The fourth-order valence-electron chi connectivity index (χ4n) is 0.944. The van der Waals surface area contributed by atoms with Crippen LogP contribution < -0.4 is 5.32 Å². The van der Waals surface area contributed by atoms with E-state index in [1.807, 2.05) is 0 Å². The number of carboxylic acids is 1. The molecule has 0 spiro atoms. The van der Waals surface area contributed by atoms with Crippen LogP contribution in [0.3, 0.4) is 0 Å². The maximum atomic E-state index is 10.6. The molecule has 1 aromatic heterocycles. The molecule has 1 rings (SSSR count). The number of aryl methyl sites for hydroxylation is 1. The van der Waals surface area contributed by atoms with Crippen LogP contribution in [0.15, 0.2) is 4.52 Å². The highest BCUT2D eigenvalue weighted by Gasteiger charge is 2.17. The molecule has 0 radical (unpaired) electrons. The van der Waals surface area contributed by atoms with E-state index in [0.717, 1.165) is 0 Å². The van der Waals surface area contributed by atoms with Crippen molar-refractivity contribution in [1.82, 2.24) is 10.5 Å². The van der Waals surface area contributed by atoms with Gasteiger partial charge in [-0.1, -0.05) is 5.16 Å². The Morgan fingerprint density at radius 2 is 2.42 bits per heavy atom. The van der Waals surface area contributed by atoms with Gasteiger partial charge in [0, 0.05) is 12.1 Å². The smallest absolute Gasteiger partial charge is 0.358 e. The van der Waals surface area contributed by atoms with Gasteiger partial charge in [-0.05, 0) is 14.0 Å². The van der Waals surface area contributed by atoms with E-state index < -0.39 is 5.97 Å². The van der Waals surface area contributed by atoms with E-state index >= 15 is 0 Å². The number of hydrogen-bond donors (Lipinski definition) is 2. The second-order valence-electron chi connectivity index (χ2n) is 2.40. The number of carboxylic acid groups (broad SMARTS) is 1. The number of rotatable bonds is 3. The molecule has 0 aromatic carbocycles. The van der Waals surface area contributed by atoms with Gasteiger partial charge in [0.2, 0.25) is 0 Å². The molecule has 0 fully saturated rings. The molecule has 0 saturated heterocycles. The lowest BCUT2D eigenvalue weighted by Gasteiger charge is -1.95. The Morgan fingerprint density at radius 3 is 2.92 bits per heavy atom. The SMILES string of the molecule is CNCc1c(C(=O)O)noc1C. The van der Waals surface area contributed by atoms with Crippen molar-refractivity contribution in [3.8, 4) is 0 Å². The highest BCUT2D eigenvalue weighted by atomic mass is 16.5. The van der Waals surface area contributed by atoms with Gasteiger partial charge in [0.15, 0.2) is 5.69 Å². The number of hydrogen-bond acceptors (Lipinski definition) is 4. The quantitative estimate of drug-likeness (QED) is 0.686. The Balaban J connectivity index is 3.03. The Bertz CT molecular complexity index is 293. The van der Waals surface area contributed by atoms with Crippen molar-refractivity contribution < 1.29 is 14.4 Å². The summed E-state index contributed by atoms with van der Waals surface area (Å²) < 4.78 is 4.74. The number of aromatic carboxylic acids is 1. The molecule has 5 heteroatoms. The number of carbonyl (C=O) groups is 1. The molecule has 0 aliphatic carbocycles. The van der Waals surface area contributed by atoms with Crippen LogP contribution in [0.4, 0.5) is 0 Å². The first-order valence-corrected chi connectivity index (χ1v) is 3.50. The zero-order valence-corrected chi connectivity index (χ0v) is 6.92. The van der Waals surface area contributed by atoms with Gasteiger partial charge in [0.1, 0.15) is 5.76 Å². The summed E-state index contributed by atoms with van der Waals surface area (Å²) in [7, 11) is 1.73. The molecule has 66 valence electrons. The van der Waals surface area contributed by atoms with Crippen molar-refractivity contribution >= 4 is 5.97 Å². The Morgan fingerprint density at radius 1 is 1.75 bits per heavy atom. The van der Waals surface area contributed by atoms with E-state index in [1.54, 1.807) is 14.0 Å². The molecule has 0 amide bonds. The Labute approximate surface area is 69.4 Å². The molecule has 5 nitrogen and oxygen atoms in total. The number of nitrogens with one attached hydrogen (secondary N) is 1. The standard InChI is InChI=1S/C7H10N2O3/c1-4-5(3-8-2)6(7(10)11)9-12-4/h8H,3H2,1-2H3,(H,10,11). The minimum Gasteiger partial charge on any atom is -0.476 e. The van der Waals surface area contributed by atoms with Crippen LogP contribution in [0.5, 0.6) is 0 Å². The van der Waals surface area contributed by atoms with Crippen LogP contribution in [0.1, 0.15) is 21.8 Å². The zero-order valence-electron chi connectivity index (χ0n) is 6.92. The molecule has 0 saturated carbocycles. The molecule has 12 heavy (non-hydrogen) atoms. The molecule has 1 heterocycles. The lowest BCUT2D eigenvalue weighted by Crippen LogP contribution is -2.10. The predicted octanol–water partition coefficient (Wildman–Crippen LogP) is 0.401. The molecule has 0 aliphatic rings. The number of aromatic nitrogens is 1. The van der Waals surface area contributed by atoms with Gasteiger partial charge in [0.05, 0.1) is 0 Å². The molecular weight excluding hydrogens is 160 g/mol. The van der Waals surface area contributed by atoms with E-state index in [1.165, 1.54) is 0 Å². The first-order chi connectivity index (χ1) is 5.66. The maximum absolute atomic E-state index is 10.6. The Hall–Kier alpha value is -1.36. The van der Waals surface area contributed by atoms with Crippen LogP contribution >= 0.6 is 0 Å². The van der Waals surface area contributed by atoms with Gasteiger partial charge in [0.25, 0.3) is 0 Å². The molecule has 0 aliphatic heterocycles. The largest absolute Gasteiger partial charge is 0.476 e. The number of nitrogens with zero attached hydrogens (tertiary/aromatic N) is 1. The van der Waals surface area contributed by atoms with Crippen molar-refractivity contribution in [2.24, 2.45) is 0 Å². The van der Waals surface area contributed by atoms with Gasteiger partial charge in [-0.2, -0.15) is 0 Å². The second-order valence-corrected chi connectivity index (χ2v) is 2.40. The summed E-state index contributed by atoms with van der Waals surface area (Å²) in [6.07, 6.45) is 0. The van der Waals surface area contributed by atoms with Crippen LogP contribution in [0.2, 0.25) is 0 Å². The predicted molar refractivity (Wildman–Crippen MR) is 41.0 cm³/mol. The van der Waals surface area contributed by atoms with Crippen LogP contribution in [-0.2, 0) is 6.54 Å². The average molecular weight is 170 g/mol. The minimum atomic E-state index is -1.06.